The summed E-state index contributed by atoms with van der Waals surface area (Å²) in [5.41, 5.74) is 1.68. The van der Waals surface area contributed by atoms with Gasteiger partial charge >= 0.3 is 11.9 Å². The van der Waals surface area contributed by atoms with Crippen LogP contribution >= 0.6 is 0 Å². The van der Waals surface area contributed by atoms with Gasteiger partial charge in [0.2, 0.25) is 6.10 Å². The maximum atomic E-state index is 12.6. The average molecular weight is 383 g/mol. The topological polar surface area (TPSA) is 65.1 Å². The summed E-state index contributed by atoms with van der Waals surface area (Å²) < 4.78 is 16.2. The van der Waals surface area contributed by atoms with Gasteiger partial charge in [-0.2, -0.15) is 0 Å². The SMILES string of the molecule is COC(=O)c1ccc2c(c1)OC(C(=O)OC(C)(C)C)CN2Cc1ccccc1. The molecule has 1 aliphatic rings. The molecule has 0 spiro atoms. The molecule has 0 fully saturated rings. The minimum absolute atomic E-state index is 0.356. The molecule has 0 bridgehead atoms. The molecular formula is C22H25NO5. The molecule has 28 heavy (non-hydrogen) atoms. The van der Waals surface area contributed by atoms with Gasteiger partial charge < -0.3 is 19.1 Å². The summed E-state index contributed by atoms with van der Waals surface area (Å²) in [4.78, 5) is 26.6. The Hall–Kier alpha value is -3.02. The molecule has 0 N–H and O–H groups in total. The van der Waals surface area contributed by atoms with E-state index in [1.807, 2.05) is 57.2 Å². The summed E-state index contributed by atoms with van der Waals surface area (Å²) in [5.74, 6) is -0.430. The first-order valence-corrected chi connectivity index (χ1v) is 9.17. The van der Waals surface area contributed by atoms with Gasteiger partial charge in [0.05, 0.1) is 24.9 Å². The van der Waals surface area contributed by atoms with Crippen molar-refractivity contribution in [2.45, 2.75) is 39.0 Å². The largest absolute Gasteiger partial charge is 0.475 e. The molecule has 2 aromatic carbocycles. The van der Waals surface area contributed by atoms with Gasteiger partial charge in [-0.15, -0.1) is 0 Å². The zero-order chi connectivity index (χ0) is 20.3. The molecule has 1 unspecified atom stereocenters. The highest BCUT2D eigenvalue weighted by Gasteiger charge is 2.34. The summed E-state index contributed by atoms with van der Waals surface area (Å²) in [6.45, 7) is 6.42. The van der Waals surface area contributed by atoms with Crippen LogP contribution in [0.25, 0.3) is 0 Å². The number of fused-ring (bicyclic) bond motifs is 1. The van der Waals surface area contributed by atoms with Crippen LogP contribution in [0.3, 0.4) is 0 Å². The third-order valence-corrected chi connectivity index (χ3v) is 4.26. The van der Waals surface area contributed by atoms with E-state index in [4.69, 9.17) is 14.2 Å². The van der Waals surface area contributed by atoms with Gasteiger partial charge in [-0.3, -0.25) is 0 Å². The van der Waals surface area contributed by atoms with Crippen LogP contribution in [0.4, 0.5) is 5.69 Å². The van der Waals surface area contributed by atoms with E-state index in [1.54, 1.807) is 12.1 Å². The second-order valence-electron chi connectivity index (χ2n) is 7.68. The highest BCUT2D eigenvalue weighted by Crippen LogP contribution is 2.36. The Morgan fingerprint density at radius 2 is 1.86 bits per heavy atom. The zero-order valence-corrected chi connectivity index (χ0v) is 16.6. The first-order valence-electron chi connectivity index (χ1n) is 9.17. The van der Waals surface area contributed by atoms with Crippen molar-refractivity contribution in [2.75, 3.05) is 18.6 Å². The number of carbonyl (C=O) groups is 2. The number of nitrogens with zero attached hydrogens (tertiary/aromatic N) is 1. The molecule has 0 saturated carbocycles. The fourth-order valence-corrected chi connectivity index (χ4v) is 3.05. The van der Waals surface area contributed by atoms with Gasteiger partial charge in [0, 0.05) is 6.54 Å². The van der Waals surface area contributed by atoms with E-state index in [2.05, 4.69) is 4.90 Å². The number of anilines is 1. The van der Waals surface area contributed by atoms with Crippen molar-refractivity contribution in [3.63, 3.8) is 0 Å². The number of rotatable bonds is 4. The molecule has 0 amide bonds. The van der Waals surface area contributed by atoms with E-state index in [0.29, 0.717) is 24.4 Å². The second kappa shape index (κ2) is 7.92. The van der Waals surface area contributed by atoms with Gasteiger partial charge in [0.15, 0.2) is 0 Å². The smallest absolute Gasteiger partial charge is 0.349 e. The monoisotopic (exact) mass is 383 g/mol. The maximum Gasteiger partial charge on any atom is 0.349 e. The van der Waals surface area contributed by atoms with E-state index in [9.17, 15) is 9.59 Å². The van der Waals surface area contributed by atoms with Gasteiger partial charge in [-0.25, -0.2) is 9.59 Å². The van der Waals surface area contributed by atoms with Crippen LogP contribution < -0.4 is 9.64 Å². The van der Waals surface area contributed by atoms with Crippen molar-refractivity contribution < 1.29 is 23.8 Å². The first kappa shape index (κ1) is 19.7. The van der Waals surface area contributed by atoms with Crippen molar-refractivity contribution in [1.29, 1.82) is 0 Å². The fraction of sp³-hybridized carbons (Fsp3) is 0.364. The third kappa shape index (κ3) is 4.63. The van der Waals surface area contributed by atoms with E-state index in [1.165, 1.54) is 7.11 Å². The standard InChI is InChI=1S/C22H25NO5/c1-22(2,3)28-21(25)19-14-23(13-15-8-6-5-7-9-15)17-11-10-16(20(24)26-4)12-18(17)27-19/h5-12,19H,13-14H2,1-4H3. The molecule has 0 aromatic heterocycles. The van der Waals surface area contributed by atoms with Crippen molar-refractivity contribution in [2.24, 2.45) is 0 Å². The molecule has 148 valence electrons. The summed E-state index contributed by atoms with van der Waals surface area (Å²) in [6, 6.07) is 15.1. The Kier molecular flexibility index (Phi) is 5.58. The quantitative estimate of drug-likeness (QED) is 0.752. The van der Waals surface area contributed by atoms with Crippen LogP contribution in [0.1, 0.15) is 36.7 Å². The van der Waals surface area contributed by atoms with Gasteiger partial charge in [0.25, 0.3) is 0 Å². The molecule has 1 aliphatic heterocycles. The van der Waals surface area contributed by atoms with Gasteiger partial charge in [0.1, 0.15) is 11.4 Å². The Bertz CT molecular complexity index is 857. The van der Waals surface area contributed by atoms with Gasteiger partial charge in [-0.1, -0.05) is 30.3 Å². The lowest BCUT2D eigenvalue weighted by Gasteiger charge is -2.36. The van der Waals surface area contributed by atoms with Crippen molar-refractivity contribution in [3.8, 4) is 5.75 Å². The number of esters is 2. The fourth-order valence-electron chi connectivity index (χ4n) is 3.05. The van der Waals surface area contributed by atoms with E-state index in [0.717, 1.165) is 11.3 Å². The number of ether oxygens (including phenoxy) is 3. The molecule has 1 heterocycles. The molecule has 1 atom stereocenters. The summed E-state index contributed by atoms with van der Waals surface area (Å²) >= 11 is 0. The lowest BCUT2D eigenvalue weighted by Crippen LogP contribution is -2.46. The number of hydrogen-bond acceptors (Lipinski definition) is 6. The van der Waals surface area contributed by atoms with E-state index < -0.39 is 23.6 Å². The summed E-state index contributed by atoms with van der Waals surface area (Å²) in [6.07, 6.45) is -0.789. The normalized spacial score (nSPS) is 16.0. The minimum atomic E-state index is -0.789. The minimum Gasteiger partial charge on any atom is -0.475 e. The Labute approximate surface area is 165 Å². The Balaban J connectivity index is 1.92. The van der Waals surface area contributed by atoms with E-state index in [-0.39, 0.29) is 0 Å². The predicted molar refractivity (Wildman–Crippen MR) is 106 cm³/mol. The van der Waals surface area contributed by atoms with Crippen LogP contribution in [0.5, 0.6) is 5.75 Å². The predicted octanol–water partition coefficient (Wildman–Crippen LogP) is 3.58. The number of methoxy groups -OCH3 is 1. The van der Waals surface area contributed by atoms with Crippen LogP contribution in [0.2, 0.25) is 0 Å². The lowest BCUT2D eigenvalue weighted by atomic mass is 10.1. The molecule has 6 nitrogen and oxygen atoms in total. The molecule has 6 heteroatoms. The van der Waals surface area contributed by atoms with Crippen LogP contribution in [0.15, 0.2) is 48.5 Å². The maximum absolute atomic E-state index is 12.6. The van der Waals surface area contributed by atoms with Gasteiger partial charge in [-0.05, 0) is 44.5 Å². The van der Waals surface area contributed by atoms with Crippen LogP contribution in [0, 0.1) is 0 Å². The first-order chi connectivity index (χ1) is 13.3. The molecule has 0 saturated heterocycles. The van der Waals surface area contributed by atoms with Crippen molar-refractivity contribution in [1.82, 2.24) is 0 Å². The lowest BCUT2D eigenvalue weighted by molar-refractivity contribution is -0.163. The summed E-state index contributed by atoms with van der Waals surface area (Å²) in [7, 11) is 1.33. The molecular weight excluding hydrogens is 358 g/mol. The molecule has 0 radical (unpaired) electrons. The van der Waals surface area contributed by atoms with Crippen LogP contribution in [-0.2, 0) is 20.8 Å². The van der Waals surface area contributed by atoms with Crippen LogP contribution in [-0.4, -0.2) is 37.3 Å². The number of benzene rings is 2. The second-order valence-corrected chi connectivity index (χ2v) is 7.68. The highest BCUT2D eigenvalue weighted by atomic mass is 16.6. The third-order valence-electron chi connectivity index (χ3n) is 4.26. The molecule has 2 aromatic rings. The Morgan fingerprint density at radius 1 is 1.14 bits per heavy atom. The number of carbonyl (C=O) groups excluding carboxylic acids is 2. The zero-order valence-electron chi connectivity index (χ0n) is 16.6. The number of hydrogen-bond donors (Lipinski definition) is 0. The van der Waals surface area contributed by atoms with E-state index >= 15 is 0 Å². The molecule has 0 aliphatic carbocycles. The highest BCUT2D eigenvalue weighted by molar-refractivity contribution is 5.91. The van der Waals surface area contributed by atoms with Crippen molar-refractivity contribution >= 4 is 17.6 Å². The Morgan fingerprint density at radius 3 is 2.50 bits per heavy atom. The molecule has 3 rings (SSSR count). The average Bonchev–Trinajstić information content (AvgIpc) is 2.66. The summed E-state index contributed by atoms with van der Waals surface area (Å²) in [5, 5.41) is 0. The van der Waals surface area contributed by atoms with Crippen molar-refractivity contribution in [3.05, 3.63) is 59.7 Å².